The van der Waals surface area contributed by atoms with Crippen LogP contribution in [0.15, 0.2) is 23.2 Å². The van der Waals surface area contributed by atoms with Gasteiger partial charge in [-0.1, -0.05) is 17.7 Å². The van der Waals surface area contributed by atoms with Gasteiger partial charge in [-0.15, -0.1) is 0 Å². The minimum absolute atomic E-state index is 0.0398. The molecule has 29 heavy (non-hydrogen) atoms. The van der Waals surface area contributed by atoms with Crippen LogP contribution in [0.4, 0.5) is 4.39 Å². The van der Waals surface area contributed by atoms with E-state index in [1.165, 1.54) is 6.07 Å². The number of hydrogen-bond donors (Lipinski definition) is 2. The number of benzene rings is 1. The quantitative estimate of drug-likeness (QED) is 0.528. The number of ether oxygens (including phenoxy) is 1. The molecule has 3 unspecified atom stereocenters. The highest BCUT2D eigenvalue weighted by atomic mass is 35.5. The molecule has 2 aliphatic rings. The molecule has 1 aromatic rings. The van der Waals surface area contributed by atoms with E-state index in [-0.39, 0.29) is 35.5 Å². The molecule has 0 aliphatic carbocycles. The highest BCUT2D eigenvalue weighted by molar-refractivity contribution is 7.91. The number of aliphatic imine (C=N–C) groups is 1. The van der Waals surface area contributed by atoms with E-state index in [1.807, 2.05) is 6.92 Å². The van der Waals surface area contributed by atoms with Crippen molar-refractivity contribution in [3.8, 4) is 0 Å². The third-order valence-electron chi connectivity index (χ3n) is 5.31. The van der Waals surface area contributed by atoms with Crippen molar-refractivity contribution in [1.82, 2.24) is 15.5 Å². The van der Waals surface area contributed by atoms with Crippen molar-refractivity contribution in [2.75, 3.05) is 44.8 Å². The maximum atomic E-state index is 14.7. The van der Waals surface area contributed by atoms with Gasteiger partial charge < -0.3 is 15.4 Å². The first-order valence-corrected chi connectivity index (χ1v) is 12.0. The molecule has 0 spiro atoms. The highest BCUT2D eigenvalue weighted by Gasteiger charge is 2.31. The largest absolute Gasteiger partial charge is 0.376 e. The topological polar surface area (TPSA) is 83.0 Å². The molecule has 0 aromatic heterocycles. The summed E-state index contributed by atoms with van der Waals surface area (Å²) in [6.45, 7) is 4.24. The number of morpholine rings is 1. The molecule has 2 N–H and O–H groups in total. The van der Waals surface area contributed by atoms with Gasteiger partial charge in [0.25, 0.3) is 0 Å². The van der Waals surface area contributed by atoms with Gasteiger partial charge in [0.1, 0.15) is 5.82 Å². The Morgan fingerprint density at radius 3 is 2.90 bits per heavy atom. The van der Waals surface area contributed by atoms with E-state index < -0.39 is 9.84 Å². The standard InChI is InChI=1S/C19H28ClFN4O3S/c1-13-11-25(7-8-28-13)17(18-15(20)4-3-5-16(18)21)10-23-19(22-2)24-14-6-9-29(26,27)12-14/h3-5,13-14,17H,6-12H2,1-2H3,(H2,22,23,24). The Bertz CT molecular complexity index is 832. The number of guanidine groups is 1. The minimum Gasteiger partial charge on any atom is -0.376 e. The van der Waals surface area contributed by atoms with Crippen LogP contribution in [0.2, 0.25) is 5.02 Å². The first-order valence-electron chi connectivity index (χ1n) is 9.76. The van der Waals surface area contributed by atoms with Crippen LogP contribution >= 0.6 is 11.6 Å². The maximum absolute atomic E-state index is 14.7. The first kappa shape index (κ1) is 22.3. The smallest absolute Gasteiger partial charge is 0.191 e. The Kier molecular flexibility index (Phi) is 7.37. The van der Waals surface area contributed by atoms with Crippen LogP contribution < -0.4 is 10.6 Å². The van der Waals surface area contributed by atoms with Crippen LogP contribution in [-0.4, -0.2) is 76.2 Å². The molecule has 0 bridgehead atoms. The van der Waals surface area contributed by atoms with Gasteiger partial charge in [-0.3, -0.25) is 9.89 Å². The molecule has 162 valence electrons. The molecule has 2 heterocycles. The van der Waals surface area contributed by atoms with Crippen LogP contribution in [0.25, 0.3) is 0 Å². The van der Waals surface area contributed by atoms with Crippen molar-refractivity contribution in [2.45, 2.75) is 31.5 Å². The summed E-state index contributed by atoms with van der Waals surface area (Å²) in [6, 6.07) is 4.20. The molecule has 1 aromatic carbocycles. The average molecular weight is 447 g/mol. The monoisotopic (exact) mass is 446 g/mol. The van der Waals surface area contributed by atoms with E-state index in [9.17, 15) is 12.8 Å². The zero-order valence-electron chi connectivity index (χ0n) is 16.7. The summed E-state index contributed by atoms with van der Waals surface area (Å²) >= 11 is 6.36. The molecular formula is C19H28ClFN4O3S. The summed E-state index contributed by atoms with van der Waals surface area (Å²) in [4.78, 5) is 6.35. The summed E-state index contributed by atoms with van der Waals surface area (Å²) < 4.78 is 43.7. The Balaban J connectivity index is 1.74. The molecule has 3 rings (SSSR count). The summed E-state index contributed by atoms with van der Waals surface area (Å²) in [5.41, 5.74) is 0.440. The Labute approximate surface area is 176 Å². The fourth-order valence-electron chi connectivity index (χ4n) is 3.86. The zero-order valence-corrected chi connectivity index (χ0v) is 18.3. The van der Waals surface area contributed by atoms with E-state index in [1.54, 1.807) is 19.2 Å². The number of nitrogens with zero attached hydrogens (tertiary/aromatic N) is 2. The van der Waals surface area contributed by atoms with Gasteiger partial charge in [0.15, 0.2) is 15.8 Å². The van der Waals surface area contributed by atoms with Gasteiger partial charge in [-0.05, 0) is 25.5 Å². The highest BCUT2D eigenvalue weighted by Crippen LogP contribution is 2.31. The molecule has 10 heteroatoms. The first-order chi connectivity index (χ1) is 13.8. The van der Waals surface area contributed by atoms with Crippen molar-refractivity contribution in [3.05, 3.63) is 34.6 Å². The van der Waals surface area contributed by atoms with Gasteiger partial charge in [0, 0.05) is 43.3 Å². The average Bonchev–Trinajstić information content (AvgIpc) is 3.01. The Morgan fingerprint density at radius 1 is 1.48 bits per heavy atom. The van der Waals surface area contributed by atoms with Gasteiger partial charge in [0.2, 0.25) is 0 Å². The summed E-state index contributed by atoms with van der Waals surface area (Å²) in [7, 11) is -1.37. The summed E-state index contributed by atoms with van der Waals surface area (Å²) in [5.74, 6) is 0.414. The van der Waals surface area contributed by atoms with E-state index in [0.29, 0.717) is 49.2 Å². The van der Waals surface area contributed by atoms with E-state index >= 15 is 0 Å². The van der Waals surface area contributed by atoms with Gasteiger partial charge in [-0.2, -0.15) is 0 Å². The van der Waals surface area contributed by atoms with Crippen molar-refractivity contribution in [3.63, 3.8) is 0 Å². The predicted molar refractivity (Wildman–Crippen MR) is 113 cm³/mol. The molecule has 0 amide bonds. The lowest BCUT2D eigenvalue weighted by molar-refractivity contribution is -0.0343. The number of hydrogen-bond acceptors (Lipinski definition) is 5. The lowest BCUT2D eigenvalue weighted by atomic mass is 10.0. The SMILES string of the molecule is CN=C(NCC(c1c(F)cccc1Cl)N1CCOC(C)C1)NC1CCS(=O)(=O)C1. The van der Waals surface area contributed by atoms with Crippen molar-refractivity contribution in [2.24, 2.45) is 4.99 Å². The molecule has 0 saturated carbocycles. The number of nitrogens with one attached hydrogen (secondary N) is 2. The van der Waals surface area contributed by atoms with E-state index in [2.05, 4.69) is 20.5 Å². The number of rotatable bonds is 5. The second-order valence-electron chi connectivity index (χ2n) is 7.52. The predicted octanol–water partition coefficient (Wildman–Crippen LogP) is 1.59. The van der Waals surface area contributed by atoms with Crippen LogP contribution in [-0.2, 0) is 14.6 Å². The molecule has 2 fully saturated rings. The second-order valence-corrected chi connectivity index (χ2v) is 10.2. The molecular weight excluding hydrogens is 419 g/mol. The zero-order chi connectivity index (χ0) is 21.0. The summed E-state index contributed by atoms with van der Waals surface area (Å²) in [6.07, 6.45) is 0.588. The van der Waals surface area contributed by atoms with Gasteiger partial charge >= 0.3 is 0 Å². The lowest BCUT2D eigenvalue weighted by Crippen LogP contribution is -2.50. The molecule has 2 saturated heterocycles. The van der Waals surface area contributed by atoms with Crippen molar-refractivity contribution < 1.29 is 17.5 Å². The van der Waals surface area contributed by atoms with Crippen molar-refractivity contribution >= 4 is 27.4 Å². The molecule has 3 atom stereocenters. The second kappa shape index (κ2) is 9.59. The third kappa shape index (κ3) is 5.81. The van der Waals surface area contributed by atoms with Crippen LogP contribution in [0.1, 0.15) is 24.9 Å². The Hall–Kier alpha value is -1.42. The van der Waals surface area contributed by atoms with E-state index in [4.69, 9.17) is 16.3 Å². The summed E-state index contributed by atoms with van der Waals surface area (Å²) in [5, 5.41) is 6.76. The minimum atomic E-state index is -2.99. The normalized spacial score (nSPS) is 26.3. The fraction of sp³-hybridized carbons (Fsp3) is 0.632. The maximum Gasteiger partial charge on any atom is 0.191 e. The lowest BCUT2D eigenvalue weighted by Gasteiger charge is -2.38. The Morgan fingerprint density at radius 2 is 2.28 bits per heavy atom. The van der Waals surface area contributed by atoms with Gasteiger partial charge in [0.05, 0.1) is 30.3 Å². The van der Waals surface area contributed by atoms with Crippen molar-refractivity contribution in [1.29, 1.82) is 0 Å². The third-order valence-corrected chi connectivity index (χ3v) is 7.40. The van der Waals surface area contributed by atoms with Gasteiger partial charge in [-0.25, -0.2) is 12.8 Å². The molecule has 7 nitrogen and oxygen atoms in total. The van der Waals surface area contributed by atoms with Crippen LogP contribution in [0.5, 0.6) is 0 Å². The number of sulfone groups is 1. The number of halogens is 2. The molecule has 2 aliphatic heterocycles. The van der Waals surface area contributed by atoms with Crippen LogP contribution in [0, 0.1) is 5.82 Å². The van der Waals surface area contributed by atoms with Crippen LogP contribution in [0.3, 0.4) is 0 Å². The fourth-order valence-corrected chi connectivity index (χ4v) is 5.82. The molecule has 0 radical (unpaired) electrons. The van der Waals surface area contributed by atoms with E-state index in [0.717, 1.165) is 0 Å².